The van der Waals surface area contributed by atoms with Crippen LogP contribution in [-0.4, -0.2) is 54.9 Å². The first kappa shape index (κ1) is 15.7. The predicted molar refractivity (Wildman–Crippen MR) is 73.7 cm³/mol. The lowest BCUT2D eigenvalue weighted by atomic mass is 10.3. The Morgan fingerprint density at radius 2 is 2.28 bits per heavy atom. The van der Waals surface area contributed by atoms with Crippen molar-refractivity contribution in [1.29, 1.82) is 0 Å². The fraction of sp³-hybridized carbons (Fsp3) is 0.900. The molecule has 1 atom stereocenters. The normalized spacial score (nSPS) is 21.8. The number of sulfone groups is 1. The van der Waals surface area contributed by atoms with E-state index in [0.29, 0.717) is 25.1 Å². The van der Waals surface area contributed by atoms with E-state index in [1.54, 1.807) is 18.7 Å². The van der Waals surface area contributed by atoms with Crippen LogP contribution in [-0.2, 0) is 14.6 Å². The molecular formula is C10H21N3O3S2. The van der Waals surface area contributed by atoms with E-state index in [4.69, 9.17) is 5.84 Å². The average molecular weight is 295 g/mol. The Hall–Kier alpha value is -0.310. The standard InChI is InChI=1S/C10H21N3O3S2/c1-2-18(15,16)10-8-17-7-6-13(10)5-3-4-9(14)12-11/h10H,2-8,11H2,1H3,(H,12,14). The Balaban J connectivity index is 2.53. The molecule has 1 unspecified atom stereocenters. The van der Waals surface area contributed by atoms with Crippen LogP contribution in [0, 0.1) is 0 Å². The van der Waals surface area contributed by atoms with E-state index in [-0.39, 0.29) is 11.7 Å². The molecule has 1 saturated heterocycles. The van der Waals surface area contributed by atoms with Crippen molar-refractivity contribution in [3.05, 3.63) is 0 Å². The second-order valence-corrected chi connectivity index (χ2v) is 7.79. The Kier molecular flexibility index (Phi) is 6.40. The van der Waals surface area contributed by atoms with Gasteiger partial charge in [0.1, 0.15) is 5.37 Å². The molecule has 6 nitrogen and oxygen atoms in total. The topological polar surface area (TPSA) is 92.5 Å². The first-order valence-corrected chi connectivity index (χ1v) is 8.91. The van der Waals surface area contributed by atoms with Gasteiger partial charge in [-0.15, -0.1) is 0 Å². The summed E-state index contributed by atoms with van der Waals surface area (Å²) < 4.78 is 23.9. The van der Waals surface area contributed by atoms with Gasteiger partial charge in [-0.05, 0) is 13.0 Å². The second-order valence-electron chi connectivity index (χ2n) is 4.19. The molecule has 0 bridgehead atoms. The summed E-state index contributed by atoms with van der Waals surface area (Å²) in [5.41, 5.74) is 2.08. The van der Waals surface area contributed by atoms with Crippen LogP contribution < -0.4 is 11.3 Å². The molecule has 0 spiro atoms. The van der Waals surface area contributed by atoms with Gasteiger partial charge in [-0.3, -0.25) is 15.1 Å². The maximum Gasteiger partial charge on any atom is 0.233 e. The number of carbonyl (C=O) groups excluding carboxylic acids is 1. The molecule has 0 aromatic carbocycles. The van der Waals surface area contributed by atoms with E-state index in [2.05, 4.69) is 5.43 Å². The lowest BCUT2D eigenvalue weighted by Crippen LogP contribution is -2.48. The lowest BCUT2D eigenvalue weighted by molar-refractivity contribution is -0.121. The minimum atomic E-state index is -3.05. The highest BCUT2D eigenvalue weighted by molar-refractivity contribution is 8.01. The summed E-state index contributed by atoms with van der Waals surface area (Å²) in [6.45, 7) is 3.06. The van der Waals surface area contributed by atoms with Gasteiger partial charge in [0.05, 0.1) is 0 Å². The highest BCUT2D eigenvalue weighted by Gasteiger charge is 2.32. The van der Waals surface area contributed by atoms with Crippen molar-refractivity contribution in [3.8, 4) is 0 Å². The Bertz CT molecular complexity index is 373. The number of carbonyl (C=O) groups is 1. The van der Waals surface area contributed by atoms with Crippen LogP contribution in [0.3, 0.4) is 0 Å². The Labute approximate surface area is 113 Å². The van der Waals surface area contributed by atoms with E-state index in [9.17, 15) is 13.2 Å². The molecule has 8 heteroatoms. The van der Waals surface area contributed by atoms with Crippen molar-refractivity contribution < 1.29 is 13.2 Å². The summed E-state index contributed by atoms with van der Waals surface area (Å²) in [7, 11) is -3.05. The average Bonchev–Trinajstić information content (AvgIpc) is 2.39. The van der Waals surface area contributed by atoms with Crippen molar-refractivity contribution in [2.45, 2.75) is 25.1 Å². The quantitative estimate of drug-likeness (QED) is 0.392. The summed E-state index contributed by atoms with van der Waals surface area (Å²) in [5, 5.41) is -0.401. The van der Waals surface area contributed by atoms with Gasteiger partial charge >= 0.3 is 0 Å². The monoisotopic (exact) mass is 295 g/mol. The number of amides is 1. The fourth-order valence-corrected chi connectivity index (χ4v) is 5.02. The van der Waals surface area contributed by atoms with E-state index >= 15 is 0 Å². The highest BCUT2D eigenvalue weighted by Crippen LogP contribution is 2.21. The van der Waals surface area contributed by atoms with E-state index in [1.807, 2.05) is 4.90 Å². The van der Waals surface area contributed by atoms with Crippen LogP contribution in [0.4, 0.5) is 0 Å². The number of nitrogens with one attached hydrogen (secondary N) is 1. The van der Waals surface area contributed by atoms with Crippen LogP contribution in [0.2, 0.25) is 0 Å². The zero-order chi connectivity index (χ0) is 13.6. The van der Waals surface area contributed by atoms with Gasteiger partial charge in [-0.25, -0.2) is 14.3 Å². The number of nitrogens with two attached hydrogens (primary N) is 1. The van der Waals surface area contributed by atoms with Crippen LogP contribution in [0.1, 0.15) is 19.8 Å². The molecule has 1 aliphatic rings. The van der Waals surface area contributed by atoms with Gasteiger partial charge < -0.3 is 0 Å². The number of nitrogens with zero attached hydrogens (tertiary/aromatic N) is 1. The molecule has 0 aromatic heterocycles. The van der Waals surface area contributed by atoms with Crippen molar-refractivity contribution >= 4 is 27.5 Å². The van der Waals surface area contributed by atoms with Crippen LogP contribution in [0.25, 0.3) is 0 Å². The molecule has 18 heavy (non-hydrogen) atoms. The SMILES string of the molecule is CCS(=O)(=O)C1CSCCN1CCCC(=O)NN. The van der Waals surface area contributed by atoms with Gasteiger partial charge in [-0.2, -0.15) is 11.8 Å². The number of hydrazine groups is 1. The second kappa shape index (κ2) is 7.32. The highest BCUT2D eigenvalue weighted by atomic mass is 32.2. The first-order chi connectivity index (χ1) is 8.51. The predicted octanol–water partition coefficient (Wildman–Crippen LogP) is -0.434. The van der Waals surface area contributed by atoms with Gasteiger partial charge in [0.2, 0.25) is 5.91 Å². The summed E-state index contributed by atoms with van der Waals surface area (Å²) in [6, 6.07) is 0. The van der Waals surface area contributed by atoms with Gasteiger partial charge in [0.15, 0.2) is 9.84 Å². The summed E-state index contributed by atoms with van der Waals surface area (Å²) >= 11 is 1.67. The molecule has 1 rings (SSSR count). The minimum absolute atomic E-state index is 0.165. The molecule has 106 valence electrons. The maximum atomic E-state index is 12.0. The third-order valence-electron chi connectivity index (χ3n) is 3.02. The zero-order valence-electron chi connectivity index (χ0n) is 10.6. The molecule has 1 fully saturated rings. The molecule has 1 amide bonds. The van der Waals surface area contributed by atoms with Crippen molar-refractivity contribution in [2.24, 2.45) is 5.84 Å². The van der Waals surface area contributed by atoms with Gasteiger partial charge in [-0.1, -0.05) is 6.92 Å². The third kappa shape index (κ3) is 4.42. The van der Waals surface area contributed by atoms with E-state index < -0.39 is 15.2 Å². The Morgan fingerprint density at radius 1 is 1.56 bits per heavy atom. The number of hydrogen-bond acceptors (Lipinski definition) is 6. The van der Waals surface area contributed by atoms with Crippen molar-refractivity contribution in [1.82, 2.24) is 10.3 Å². The molecule has 1 aliphatic heterocycles. The molecule has 0 aromatic rings. The van der Waals surface area contributed by atoms with Gasteiger partial charge in [0, 0.05) is 30.2 Å². The smallest absolute Gasteiger partial charge is 0.233 e. The van der Waals surface area contributed by atoms with E-state index in [1.165, 1.54) is 0 Å². The summed E-state index contributed by atoms with van der Waals surface area (Å²) in [4.78, 5) is 13.0. The van der Waals surface area contributed by atoms with Crippen molar-refractivity contribution in [3.63, 3.8) is 0 Å². The number of rotatable bonds is 6. The maximum absolute atomic E-state index is 12.0. The fourth-order valence-electron chi connectivity index (χ4n) is 1.91. The van der Waals surface area contributed by atoms with Crippen LogP contribution in [0.15, 0.2) is 0 Å². The molecular weight excluding hydrogens is 274 g/mol. The van der Waals surface area contributed by atoms with Gasteiger partial charge in [0.25, 0.3) is 0 Å². The van der Waals surface area contributed by atoms with E-state index in [0.717, 1.165) is 12.3 Å². The summed E-state index contributed by atoms with van der Waals surface area (Å²) in [5.74, 6) is 6.52. The number of thioether (sulfide) groups is 1. The largest absolute Gasteiger partial charge is 0.294 e. The van der Waals surface area contributed by atoms with Crippen LogP contribution >= 0.6 is 11.8 Å². The third-order valence-corrected chi connectivity index (χ3v) is 6.35. The Morgan fingerprint density at radius 3 is 2.89 bits per heavy atom. The molecule has 0 saturated carbocycles. The van der Waals surface area contributed by atoms with Crippen LogP contribution in [0.5, 0.6) is 0 Å². The molecule has 3 N–H and O–H groups in total. The molecule has 0 aliphatic carbocycles. The lowest BCUT2D eigenvalue weighted by Gasteiger charge is -2.34. The minimum Gasteiger partial charge on any atom is -0.294 e. The number of hydrogen-bond donors (Lipinski definition) is 2. The molecule has 1 heterocycles. The summed E-state index contributed by atoms with van der Waals surface area (Å²) in [6.07, 6.45) is 0.961. The molecule has 0 radical (unpaired) electrons. The first-order valence-electron chi connectivity index (χ1n) is 6.04. The van der Waals surface area contributed by atoms with Crippen molar-refractivity contribution in [2.75, 3.05) is 30.3 Å². The zero-order valence-corrected chi connectivity index (χ0v) is 12.2.